The summed E-state index contributed by atoms with van der Waals surface area (Å²) in [5.74, 6) is 1.77. The standard InChI is InChI=1S/C33H41N5/c1-7-24(17-27(8-2)36-22(5)16-21(3)4)26-14-15-30(34)28(18-26)23(6)33-37-31-20-35-19-29(32(31)38-33)25-12-10-9-11-13-25/h7-8,14-15,17-21,25,36H,2,5-6,9-13,16,34H2,1,3-4H3,(H,37,38)/b24-7+,27-17+. The van der Waals surface area contributed by atoms with E-state index in [0.717, 1.165) is 56.9 Å². The first-order valence-electron chi connectivity index (χ1n) is 13.7. The lowest BCUT2D eigenvalue weighted by molar-refractivity contribution is 0.444. The zero-order valence-electron chi connectivity index (χ0n) is 23.1. The Hall–Kier alpha value is -3.86. The Morgan fingerprint density at radius 3 is 2.63 bits per heavy atom. The van der Waals surface area contributed by atoms with Crippen molar-refractivity contribution in [3.05, 3.63) is 102 Å². The van der Waals surface area contributed by atoms with Crippen LogP contribution in [0.2, 0.25) is 0 Å². The van der Waals surface area contributed by atoms with Gasteiger partial charge in [0.15, 0.2) is 0 Å². The largest absolute Gasteiger partial charge is 0.398 e. The Kier molecular flexibility index (Phi) is 8.67. The second-order valence-corrected chi connectivity index (χ2v) is 10.7. The van der Waals surface area contributed by atoms with Gasteiger partial charge in [0.25, 0.3) is 0 Å². The number of hydrogen-bond acceptors (Lipinski definition) is 4. The number of allylic oxidation sites excluding steroid dienone is 5. The fourth-order valence-electron chi connectivity index (χ4n) is 5.33. The maximum atomic E-state index is 6.46. The maximum absolute atomic E-state index is 6.46. The smallest absolute Gasteiger partial charge is 0.138 e. The minimum absolute atomic E-state index is 0.520. The normalized spacial score (nSPS) is 15.2. The van der Waals surface area contributed by atoms with Gasteiger partial charge in [-0.3, -0.25) is 4.98 Å². The molecule has 1 aliphatic carbocycles. The third-order valence-corrected chi connectivity index (χ3v) is 7.28. The van der Waals surface area contributed by atoms with Crippen molar-refractivity contribution in [2.75, 3.05) is 5.73 Å². The van der Waals surface area contributed by atoms with E-state index in [9.17, 15) is 0 Å². The van der Waals surface area contributed by atoms with E-state index in [0.29, 0.717) is 17.5 Å². The van der Waals surface area contributed by atoms with Gasteiger partial charge in [-0.1, -0.05) is 65.0 Å². The van der Waals surface area contributed by atoms with Crippen molar-refractivity contribution >= 4 is 27.9 Å². The van der Waals surface area contributed by atoms with Crippen LogP contribution >= 0.6 is 0 Å². The summed E-state index contributed by atoms with van der Waals surface area (Å²) in [6, 6.07) is 6.05. The fourth-order valence-corrected chi connectivity index (χ4v) is 5.33. The Morgan fingerprint density at radius 1 is 1.18 bits per heavy atom. The lowest BCUT2D eigenvalue weighted by Gasteiger charge is -2.21. The first-order chi connectivity index (χ1) is 18.3. The van der Waals surface area contributed by atoms with Gasteiger partial charge in [0.1, 0.15) is 5.82 Å². The van der Waals surface area contributed by atoms with Gasteiger partial charge in [-0.05, 0) is 73.4 Å². The van der Waals surface area contributed by atoms with Crippen molar-refractivity contribution in [1.29, 1.82) is 0 Å². The molecule has 38 heavy (non-hydrogen) atoms. The number of aromatic amines is 1. The van der Waals surface area contributed by atoms with Crippen LogP contribution in [0.25, 0.3) is 22.2 Å². The van der Waals surface area contributed by atoms with Crippen molar-refractivity contribution in [3.8, 4) is 0 Å². The first-order valence-corrected chi connectivity index (χ1v) is 13.7. The number of aromatic nitrogens is 3. The molecule has 4 N–H and O–H groups in total. The highest BCUT2D eigenvalue weighted by Crippen LogP contribution is 2.36. The molecule has 0 aliphatic heterocycles. The van der Waals surface area contributed by atoms with E-state index in [4.69, 9.17) is 10.7 Å². The molecule has 1 saturated carbocycles. The molecule has 198 valence electrons. The summed E-state index contributed by atoms with van der Waals surface area (Å²) in [5.41, 5.74) is 15.9. The molecule has 0 radical (unpaired) electrons. The molecular formula is C33H41N5. The molecule has 1 aromatic carbocycles. The number of nitrogens with one attached hydrogen (secondary N) is 2. The minimum Gasteiger partial charge on any atom is -0.398 e. The quantitative estimate of drug-likeness (QED) is 0.191. The Balaban J connectivity index is 1.64. The summed E-state index contributed by atoms with van der Waals surface area (Å²) in [6.07, 6.45) is 17.0. The summed E-state index contributed by atoms with van der Waals surface area (Å²) in [5, 5.41) is 3.40. The van der Waals surface area contributed by atoms with Gasteiger partial charge in [-0.15, -0.1) is 0 Å². The van der Waals surface area contributed by atoms with E-state index in [1.54, 1.807) is 0 Å². The monoisotopic (exact) mass is 507 g/mol. The Bertz CT molecular complexity index is 1400. The molecule has 0 amide bonds. The average Bonchev–Trinajstić information content (AvgIpc) is 3.36. The number of imidazole rings is 1. The van der Waals surface area contributed by atoms with Crippen molar-refractivity contribution in [1.82, 2.24) is 20.3 Å². The summed E-state index contributed by atoms with van der Waals surface area (Å²) < 4.78 is 0. The highest BCUT2D eigenvalue weighted by molar-refractivity contribution is 5.89. The van der Waals surface area contributed by atoms with E-state index < -0.39 is 0 Å². The van der Waals surface area contributed by atoms with Gasteiger partial charge in [0, 0.05) is 40.0 Å². The van der Waals surface area contributed by atoms with Crippen LogP contribution in [-0.4, -0.2) is 15.0 Å². The van der Waals surface area contributed by atoms with Gasteiger partial charge < -0.3 is 16.0 Å². The summed E-state index contributed by atoms with van der Waals surface area (Å²) in [4.78, 5) is 13.0. The van der Waals surface area contributed by atoms with Crippen LogP contribution in [0.3, 0.4) is 0 Å². The second kappa shape index (κ2) is 12.1. The number of hydrogen-bond donors (Lipinski definition) is 3. The molecule has 1 aliphatic rings. The first kappa shape index (κ1) is 27.2. The van der Waals surface area contributed by atoms with E-state index in [1.165, 1.54) is 37.7 Å². The zero-order chi connectivity index (χ0) is 27.2. The van der Waals surface area contributed by atoms with Crippen LogP contribution in [0.4, 0.5) is 5.69 Å². The van der Waals surface area contributed by atoms with Crippen molar-refractivity contribution in [3.63, 3.8) is 0 Å². The maximum Gasteiger partial charge on any atom is 0.138 e. The number of fused-ring (bicyclic) bond motifs is 1. The molecule has 2 aromatic heterocycles. The third-order valence-electron chi connectivity index (χ3n) is 7.28. The Labute approximate surface area is 227 Å². The van der Waals surface area contributed by atoms with Crippen LogP contribution in [0.1, 0.15) is 87.7 Å². The Morgan fingerprint density at radius 2 is 1.95 bits per heavy atom. The van der Waals surface area contributed by atoms with Gasteiger partial charge in [-0.2, -0.15) is 0 Å². The second-order valence-electron chi connectivity index (χ2n) is 10.7. The van der Waals surface area contributed by atoms with Crippen LogP contribution in [-0.2, 0) is 0 Å². The summed E-state index contributed by atoms with van der Waals surface area (Å²) in [7, 11) is 0. The number of anilines is 1. The zero-order valence-corrected chi connectivity index (χ0v) is 23.1. The fraction of sp³-hybridized carbons (Fsp3) is 0.333. The molecule has 4 rings (SSSR count). The highest BCUT2D eigenvalue weighted by atomic mass is 14.9. The predicted octanol–water partition coefficient (Wildman–Crippen LogP) is 8.27. The molecular weight excluding hydrogens is 466 g/mol. The molecule has 3 aromatic rings. The van der Waals surface area contributed by atoms with E-state index in [-0.39, 0.29) is 0 Å². The minimum atomic E-state index is 0.520. The van der Waals surface area contributed by atoms with E-state index in [1.807, 2.05) is 37.5 Å². The topological polar surface area (TPSA) is 79.6 Å². The van der Waals surface area contributed by atoms with E-state index >= 15 is 0 Å². The number of pyridine rings is 1. The lowest BCUT2D eigenvalue weighted by Crippen LogP contribution is -2.12. The summed E-state index contributed by atoms with van der Waals surface area (Å²) >= 11 is 0. The van der Waals surface area contributed by atoms with Crippen molar-refractivity contribution in [2.24, 2.45) is 5.92 Å². The lowest BCUT2D eigenvalue weighted by atomic mass is 9.84. The van der Waals surface area contributed by atoms with Gasteiger partial charge in [0.05, 0.1) is 17.2 Å². The van der Waals surface area contributed by atoms with E-state index in [2.05, 4.69) is 67.1 Å². The molecule has 0 saturated heterocycles. The van der Waals surface area contributed by atoms with Crippen LogP contribution < -0.4 is 11.1 Å². The number of nitrogens with zero attached hydrogens (tertiary/aromatic N) is 2. The highest BCUT2D eigenvalue weighted by Gasteiger charge is 2.21. The molecule has 5 heteroatoms. The molecule has 5 nitrogen and oxygen atoms in total. The average molecular weight is 508 g/mol. The molecule has 0 atom stereocenters. The van der Waals surface area contributed by atoms with Crippen molar-refractivity contribution in [2.45, 2.75) is 65.2 Å². The number of benzene rings is 1. The summed E-state index contributed by atoms with van der Waals surface area (Å²) in [6.45, 7) is 18.9. The van der Waals surface area contributed by atoms with Crippen LogP contribution in [0.15, 0.2) is 80.0 Å². The number of nitrogens with two attached hydrogens (primary N) is 1. The van der Waals surface area contributed by atoms with Crippen LogP contribution in [0, 0.1) is 5.92 Å². The van der Waals surface area contributed by atoms with Crippen molar-refractivity contribution < 1.29 is 0 Å². The predicted molar refractivity (Wildman–Crippen MR) is 162 cm³/mol. The van der Waals surface area contributed by atoms with Crippen LogP contribution in [0.5, 0.6) is 0 Å². The van der Waals surface area contributed by atoms with Gasteiger partial charge >= 0.3 is 0 Å². The molecule has 0 unspecified atom stereocenters. The van der Waals surface area contributed by atoms with Gasteiger partial charge in [-0.25, -0.2) is 4.98 Å². The number of nitrogen functional groups attached to an aromatic ring is 1. The molecule has 0 bridgehead atoms. The number of rotatable bonds is 10. The molecule has 2 heterocycles. The third kappa shape index (κ3) is 6.16. The molecule has 0 spiro atoms. The van der Waals surface area contributed by atoms with Gasteiger partial charge in [0.2, 0.25) is 0 Å². The molecule has 1 fully saturated rings. The SMILES string of the molecule is C=C/C(=C\C(=C/C)c1ccc(N)c(C(=C)c2nc3c(C4CCCCC4)cncc3[nH]2)c1)NC(=C)CC(C)C. The number of H-pyrrole nitrogens is 1.